The summed E-state index contributed by atoms with van der Waals surface area (Å²) in [5.74, 6) is -0.385. The van der Waals surface area contributed by atoms with Gasteiger partial charge in [-0.1, -0.05) is 84.0 Å². The Hall–Kier alpha value is -5.11. The third-order valence-corrected chi connectivity index (χ3v) is 9.19. The minimum absolute atomic E-state index is 0.0819. The number of anilines is 1. The number of ether oxygens (including phenoxy) is 3. The van der Waals surface area contributed by atoms with E-state index in [9.17, 15) is 9.59 Å². The molecule has 0 bridgehead atoms. The average molecular weight is 697 g/mol. The predicted octanol–water partition coefficient (Wildman–Crippen LogP) is 5.29. The largest absolute Gasteiger partial charge is 0.453 e. The number of nitrogens with zero attached hydrogens (tertiary/aromatic N) is 3. The molecule has 0 radical (unpaired) electrons. The molecule has 3 atom stereocenters. The molecule has 1 aliphatic heterocycles. The number of amides is 2. The zero-order chi connectivity index (χ0) is 34.7. The highest BCUT2D eigenvalue weighted by molar-refractivity contribution is 7.09. The Morgan fingerprint density at radius 1 is 0.960 bits per heavy atom. The topological polar surface area (TPSA) is 150 Å². The van der Waals surface area contributed by atoms with E-state index < -0.39 is 18.1 Å². The first-order chi connectivity index (χ1) is 24.4. The highest BCUT2D eigenvalue weighted by Crippen LogP contribution is 2.30. The van der Waals surface area contributed by atoms with Gasteiger partial charge in [0.2, 0.25) is 11.8 Å². The van der Waals surface area contributed by atoms with Crippen molar-refractivity contribution in [3.8, 4) is 6.08 Å². The van der Waals surface area contributed by atoms with E-state index in [2.05, 4.69) is 31.1 Å². The summed E-state index contributed by atoms with van der Waals surface area (Å²) in [6.45, 7) is 3.52. The molecule has 1 aliphatic rings. The standard InChI is InChI=1S/C37H40N6O6S/c1-24-39-28(23-50-24)19-32-42-43-37(49-32)47-22-30-21-38-20-29(48-30)18-17-25-11-9-10-16-31(25)40-35(44)34(41-36(45)46-2)33(26-12-5-3-6-13-26)27-14-7-4-8-15-27/h3-16,23,29-30,33-34,38H,17-22H2,1-2H3,(H,40,44)(H,41,45)/t29-,30+,34?/m1/s1. The second kappa shape index (κ2) is 17.0. The number of aromatic nitrogens is 3. The average Bonchev–Trinajstić information content (AvgIpc) is 3.78. The van der Waals surface area contributed by atoms with Gasteiger partial charge in [-0.15, -0.1) is 16.4 Å². The van der Waals surface area contributed by atoms with E-state index in [1.165, 1.54) is 7.11 Å². The van der Waals surface area contributed by atoms with E-state index >= 15 is 0 Å². The van der Waals surface area contributed by atoms with Crippen molar-refractivity contribution in [2.45, 2.75) is 50.4 Å². The predicted molar refractivity (Wildman–Crippen MR) is 188 cm³/mol. The second-order valence-corrected chi connectivity index (χ2v) is 13.0. The summed E-state index contributed by atoms with van der Waals surface area (Å²) in [7, 11) is 1.28. The maximum atomic E-state index is 14.1. The van der Waals surface area contributed by atoms with Gasteiger partial charge < -0.3 is 34.6 Å². The van der Waals surface area contributed by atoms with Crippen LogP contribution in [-0.2, 0) is 27.1 Å². The Balaban J connectivity index is 1.08. The Morgan fingerprint density at radius 3 is 2.36 bits per heavy atom. The summed E-state index contributed by atoms with van der Waals surface area (Å²) in [5, 5.41) is 20.4. The third-order valence-electron chi connectivity index (χ3n) is 8.37. The van der Waals surface area contributed by atoms with Gasteiger partial charge in [-0.2, -0.15) is 0 Å². The number of thiazole rings is 1. The van der Waals surface area contributed by atoms with E-state index in [4.69, 9.17) is 18.6 Å². The molecular formula is C37H40N6O6S. The van der Waals surface area contributed by atoms with Crippen LogP contribution in [0.25, 0.3) is 0 Å². The van der Waals surface area contributed by atoms with Crippen molar-refractivity contribution in [3.05, 3.63) is 124 Å². The Labute approximate surface area is 294 Å². The molecular weight excluding hydrogens is 657 g/mol. The van der Waals surface area contributed by atoms with Gasteiger partial charge in [0, 0.05) is 30.1 Å². The van der Waals surface area contributed by atoms with Gasteiger partial charge in [0.1, 0.15) is 18.8 Å². The maximum Gasteiger partial charge on any atom is 0.414 e. The Kier molecular flexibility index (Phi) is 11.8. The molecule has 0 spiro atoms. The molecule has 3 N–H and O–H groups in total. The molecule has 12 nitrogen and oxygen atoms in total. The van der Waals surface area contributed by atoms with E-state index in [0.29, 0.717) is 43.9 Å². The van der Waals surface area contributed by atoms with Gasteiger partial charge in [-0.05, 0) is 42.5 Å². The molecule has 2 aromatic heterocycles. The zero-order valence-corrected chi connectivity index (χ0v) is 28.7. The minimum atomic E-state index is -0.960. The van der Waals surface area contributed by atoms with Crippen LogP contribution in [0, 0.1) is 6.92 Å². The van der Waals surface area contributed by atoms with Crippen molar-refractivity contribution in [1.82, 2.24) is 25.8 Å². The van der Waals surface area contributed by atoms with Crippen LogP contribution in [0.5, 0.6) is 6.08 Å². The quantitative estimate of drug-likeness (QED) is 0.140. The van der Waals surface area contributed by atoms with E-state index in [0.717, 1.165) is 27.4 Å². The number of nitrogens with one attached hydrogen (secondary N) is 3. The van der Waals surface area contributed by atoms with Crippen LogP contribution in [0.15, 0.2) is 94.7 Å². The van der Waals surface area contributed by atoms with Crippen molar-refractivity contribution in [2.24, 2.45) is 0 Å². The number of methoxy groups -OCH3 is 1. The fourth-order valence-electron chi connectivity index (χ4n) is 5.99. The first kappa shape index (κ1) is 34.7. The monoisotopic (exact) mass is 696 g/mol. The molecule has 13 heteroatoms. The second-order valence-electron chi connectivity index (χ2n) is 11.9. The van der Waals surface area contributed by atoms with Crippen LogP contribution in [0.2, 0.25) is 0 Å². The van der Waals surface area contributed by atoms with Crippen LogP contribution < -0.4 is 20.7 Å². The van der Waals surface area contributed by atoms with Gasteiger partial charge >= 0.3 is 12.2 Å². The number of hydrogen-bond donors (Lipinski definition) is 3. The van der Waals surface area contributed by atoms with E-state index in [1.807, 2.05) is 97.2 Å². The van der Waals surface area contributed by atoms with Crippen LogP contribution in [0.3, 0.4) is 0 Å². The lowest BCUT2D eigenvalue weighted by Gasteiger charge is -2.30. The summed E-state index contributed by atoms with van der Waals surface area (Å²) >= 11 is 1.58. The summed E-state index contributed by atoms with van der Waals surface area (Å²) in [6.07, 6.45) is 0.921. The van der Waals surface area contributed by atoms with Gasteiger partial charge in [0.15, 0.2) is 0 Å². The molecule has 50 heavy (non-hydrogen) atoms. The summed E-state index contributed by atoms with van der Waals surface area (Å²) in [4.78, 5) is 31.1. The number of para-hydroxylation sites is 1. The zero-order valence-electron chi connectivity index (χ0n) is 27.9. The smallest absolute Gasteiger partial charge is 0.414 e. The molecule has 1 unspecified atom stereocenters. The van der Waals surface area contributed by atoms with Gasteiger partial charge in [0.05, 0.1) is 30.3 Å². The van der Waals surface area contributed by atoms with Crippen LogP contribution >= 0.6 is 11.3 Å². The number of rotatable bonds is 14. The number of aryl methyl sites for hydroxylation is 2. The molecule has 1 saturated heterocycles. The maximum absolute atomic E-state index is 14.1. The molecule has 0 aliphatic carbocycles. The normalized spacial score (nSPS) is 16.5. The number of morpholine rings is 1. The first-order valence-corrected chi connectivity index (χ1v) is 17.4. The number of hydrogen-bond acceptors (Lipinski definition) is 11. The molecule has 0 saturated carbocycles. The molecule has 1 fully saturated rings. The van der Waals surface area contributed by atoms with Crippen LogP contribution in [0.4, 0.5) is 10.5 Å². The fraction of sp³-hybridized carbons (Fsp3) is 0.324. The van der Waals surface area contributed by atoms with Crippen LogP contribution in [0.1, 0.15) is 45.6 Å². The fourth-order valence-corrected chi connectivity index (χ4v) is 6.60. The highest BCUT2D eigenvalue weighted by Gasteiger charge is 2.33. The summed E-state index contributed by atoms with van der Waals surface area (Å²) in [6, 6.07) is 26.0. The van der Waals surface area contributed by atoms with Gasteiger partial charge in [-0.3, -0.25) is 4.79 Å². The lowest BCUT2D eigenvalue weighted by molar-refractivity contribution is -0.118. The number of carbonyl (C=O) groups is 2. The number of carbonyl (C=O) groups excluding carboxylic acids is 2. The van der Waals surface area contributed by atoms with Gasteiger partial charge in [-0.25, -0.2) is 9.78 Å². The van der Waals surface area contributed by atoms with Crippen LogP contribution in [-0.4, -0.2) is 72.2 Å². The van der Waals surface area contributed by atoms with Crippen molar-refractivity contribution < 1.29 is 28.2 Å². The van der Waals surface area contributed by atoms with Crippen molar-refractivity contribution in [3.63, 3.8) is 0 Å². The number of benzene rings is 3. The lowest BCUT2D eigenvalue weighted by atomic mass is 9.84. The number of alkyl carbamates (subject to hydrolysis) is 1. The molecule has 3 aromatic carbocycles. The summed E-state index contributed by atoms with van der Waals surface area (Å²) in [5.41, 5.74) is 4.26. The highest BCUT2D eigenvalue weighted by atomic mass is 32.1. The SMILES string of the molecule is COC(=O)NC(C(=O)Nc1ccccc1CC[C@@H]1CNC[C@@H](COc2nnc(Cc3csc(C)n3)o2)O1)C(c1ccccc1)c1ccccc1. The van der Waals surface area contributed by atoms with E-state index in [1.54, 1.807) is 11.3 Å². The third kappa shape index (κ3) is 9.31. The lowest BCUT2D eigenvalue weighted by Crippen LogP contribution is -2.48. The molecule has 3 heterocycles. The van der Waals surface area contributed by atoms with Gasteiger partial charge in [0.25, 0.3) is 0 Å². The minimum Gasteiger partial charge on any atom is -0.453 e. The van der Waals surface area contributed by atoms with E-state index in [-0.39, 0.29) is 30.8 Å². The first-order valence-electron chi connectivity index (χ1n) is 16.5. The molecule has 5 aromatic rings. The summed E-state index contributed by atoms with van der Waals surface area (Å²) < 4.78 is 22.7. The molecule has 2 amide bonds. The van der Waals surface area contributed by atoms with Crippen molar-refractivity contribution >= 4 is 29.0 Å². The Bertz CT molecular complexity index is 1790. The molecule has 260 valence electrons. The van der Waals surface area contributed by atoms with Crippen molar-refractivity contribution in [1.29, 1.82) is 0 Å². The van der Waals surface area contributed by atoms with Crippen molar-refractivity contribution in [2.75, 3.05) is 32.1 Å². The Morgan fingerprint density at radius 2 is 1.66 bits per heavy atom. The molecule has 6 rings (SSSR count).